The van der Waals surface area contributed by atoms with Crippen LogP contribution >= 0.6 is 0 Å². The summed E-state index contributed by atoms with van der Waals surface area (Å²) >= 11 is 0. The van der Waals surface area contributed by atoms with Gasteiger partial charge in [0.25, 0.3) is 0 Å². The van der Waals surface area contributed by atoms with Gasteiger partial charge in [0, 0.05) is 23.5 Å². The first-order valence-electron chi connectivity index (χ1n) is 8.53. The second-order valence-corrected chi connectivity index (χ2v) is 7.35. The molecule has 132 valence electrons. The Kier molecular flexibility index (Phi) is 3.38. The van der Waals surface area contributed by atoms with Crippen LogP contribution in [0.15, 0.2) is 18.3 Å². The van der Waals surface area contributed by atoms with Gasteiger partial charge in [0.1, 0.15) is 11.7 Å². The van der Waals surface area contributed by atoms with Crippen LogP contribution in [0.1, 0.15) is 37.9 Å². The van der Waals surface area contributed by atoms with Crippen molar-refractivity contribution in [1.82, 2.24) is 19.7 Å². The van der Waals surface area contributed by atoms with Gasteiger partial charge in [-0.1, -0.05) is 0 Å². The SMILES string of the molecule is Cc1cc(NC(=O)N2CNc3c(ccn3C(C)(C)C3CC3)C2=N)n[nH]1. The largest absolute Gasteiger partial charge is 0.353 e. The van der Waals surface area contributed by atoms with E-state index < -0.39 is 0 Å². The van der Waals surface area contributed by atoms with Crippen LogP contribution in [0.25, 0.3) is 0 Å². The summed E-state index contributed by atoms with van der Waals surface area (Å²) in [6.07, 6.45) is 4.51. The van der Waals surface area contributed by atoms with Crippen molar-refractivity contribution in [2.24, 2.45) is 5.92 Å². The minimum Gasteiger partial charge on any atom is -0.353 e. The lowest BCUT2D eigenvalue weighted by Crippen LogP contribution is -2.47. The fourth-order valence-electron chi connectivity index (χ4n) is 3.48. The zero-order chi connectivity index (χ0) is 17.8. The van der Waals surface area contributed by atoms with Crippen molar-refractivity contribution in [3.8, 4) is 0 Å². The smallest absolute Gasteiger partial charge is 0.330 e. The molecule has 4 rings (SSSR count). The summed E-state index contributed by atoms with van der Waals surface area (Å²) in [5.41, 5.74) is 1.62. The predicted octanol–water partition coefficient (Wildman–Crippen LogP) is 2.91. The van der Waals surface area contributed by atoms with Crippen LogP contribution in [-0.2, 0) is 5.54 Å². The van der Waals surface area contributed by atoms with Gasteiger partial charge in [0.2, 0.25) is 0 Å². The highest BCUT2D eigenvalue weighted by Gasteiger charge is 2.41. The number of nitrogens with zero attached hydrogens (tertiary/aromatic N) is 3. The number of carbonyl (C=O) groups is 1. The molecule has 0 saturated heterocycles. The molecule has 0 spiro atoms. The van der Waals surface area contributed by atoms with Gasteiger partial charge >= 0.3 is 6.03 Å². The van der Waals surface area contributed by atoms with E-state index in [0.717, 1.165) is 17.1 Å². The number of amides is 2. The molecule has 0 bridgehead atoms. The maximum Gasteiger partial charge on any atom is 0.330 e. The minimum absolute atomic E-state index is 0.0118. The van der Waals surface area contributed by atoms with E-state index in [0.29, 0.717) is 11.7 Å². The molecule has 25 heavy (non-hydrogen) atoms. The normalized spacial score (nSPS) is 17.2. The van der Waals surface area contributed by atoms with Gasteiger partial charge in [0.15, 0.2) is 5.82 Å². The Hall–Kier alpha value is -2.77. The van der Waals surface area contributed by atoms with Crippen LogP contribution in [0.3, 0.4) is 0 Å². The molecule has 1 saturated carbocycles. The van der Waals surface area contributed by atoms with Gasteiger partial charge in [-0.25, -0.2) is 4.79 Å². The summed E-state index contributed by atoms with van der Waals surface area (Å²) in [6, 6.07) is 3.29. The number of anilines is 2. The van der Waals surface area contributed by atoms with Crippen LogP contribution < -0.4 is 10.6 Å². The second-order valence-electron chi connectivity index (χ2n) is 7.35. The van der Waals surface area contributed by atoms with Crippen molar-refractivity contribution in [3.63, 3.8) is 0 Å². The summed E-state index contributed by atoms with van der Waals surface area (Å²) in [7, 11) is 0. The maximum atomic E-state index is 12.5. The number of aryl methyl sites for hydroxylation is 1. The third kappa shape index (κ3) is 2.57. The topological polar surface area (TPSA) is 102 Å². The third-order valence-corrected chi connectivity index (χ3v) is 5.20. The van der Waals surface area contributed by atoms with Crippen molar-refractivity contribution in [2.75, 3.05) is 17.3 Å². The van der Waals surface area contributed by atoms with Gasteiger partial charge in [-0.05, 0) is 45.6 Å². The molecule has 2 aliphatic rings. The summed E-state index contributed by atoms with van der Waals surface area (Å²) in [4.78, 5) is 13.9. The predicted molar refractivity (Wildman–Crippen MR) is 96.0 cm³/mol. The van der Waals surface area contributed by atoms with Crippen molar-refractivity contribution < 1.29 is 4.79 Å². The minimum atomic E-state index is -0.371. The van der Waals surface area contributed by atoms with Crippen molar-refractivity contribution in [3.05, 3.63) is 29.6 Å². The molecule has 1 aliphatic heterocycles. The van der Waals surface area contributed by atoms with Crippen LogP contribution in [-0.4, -0.2) is 38.2 Å². The highest BCUT2D eigenvalue weighted by molar-refractivity contribution is 6.12. The summed E-state index contributed by atoms with van der Waals surface area (Å²) in [5.74, 6) is 2.24. The number of hydrogen-bond acceptors (Lipinski definition) is 4. The Labute approximate surface area is 146 Å². The lowest BCUT2D eigenvalue weighted by molar-refractivity contribution is 0.234. The van der Waals surface area contributed by atoms with E-state index >= 15 is 0 Å². The van der Waals surface area contributed by atoms with Crippen LogP contribution in [0.2, 0.25) is 0 Å². The fraction of sp³-hybridized carbons (Fsp3) is 0.471. The molecular weight excluding hydrogens is 318 g/mol. The van der Waals surface area contributed by atoms with E-state index in [1.165, 1.54) is 17.7 Å². The number of hydrogen-bond donors (Lipinski definition) is 4. The van der Waals surface area contributed by atoms with Gasteiger partial charge in [-0.3, -0.25) is 20.7 Å². The van der Waals surface area contributed by atoms with Crippen molar-refractivity contribution in [1.29, 1.82) is 5.41 Å². The van der Waals surface area contributed by atoms with Gasteiger partial charge in [-0.15, -0.1) is 0 Å². The molecule has 2 aromatic heterocycles. The molecule has 0 atom stereocenters. The average Bonchev–Trinajstić information content (AvgIpc) is 3.21. The Morgan fingerprint density at radius 2 is 2.20 bits per heavy atom. The van der Waals surface area contributed by atoms with Gasteiger partial charge in [-0.2, -0.15) is 5.10 Å². The summed E-state index contributed by atoms with van der Waals surface area (Å²) < 4.78 is 2.21. The molecule has 1 fully saturated rings. The summed E-state index contributed by atoms with van der Waals surface area (Å²) in [5, 5.41) is 21.3. The van der Waals surface area contributed by atoms with Crippen LogP contribution in [0, 0.1) is 18.3 Å². The van der Waals surface area contributed by atoms with E-state index in [1.807, 2.05) is 19.2 Å². The van der Waals surface area contributed by atoms with Gasteiger partial charge < -0.3 is 9.88 Å². The monoisotopic (exact) mass is 341 g/mol. The Balaban J connectivity index is 1.55. The molecule has 0 aromatic carbocycles. The van der Waals surface area contributed by atoms with Gasteiger partial charge in [0.05, 0.1) is 12.2 Å². The quantitative estimate of drug-likeness (QED) is 0.690. The first kappa shape index (κ1) is 15.7. The number of nitrogens with one attached hydrogen (secondary N) is 4. The number of rotatable bonds is 3. The second kappa shape index (κ2) is 5.37. The third-order valence-electron chi connectivity index (χ3n) is 5.20. The zero-order valence-electron chi connectivity index (χ0n) is 14.7. The Morgan fingerprint density at radius 1 is 1.44 bits per heavy atom. The first-order chi connectivity index (χ1) is 11.9. The molecule has 8 heteroatoms. The van der Waals surface area contributed by atoms with E-state index in [4.69, 9.17) is 5.41 Å². The molecule has 1 aliphatic carbocycles. The zero-order valence-corrected chi connectivity index (χ0v) is 14.7. The lowest BCUT2D eigenvalue weighted by Gasteiger charge is -2.34. The highest BCUT2D eigenvalue weighted by atomic mass is 16.2. The van der Waals surface area contributed by atoms with E-state index in [9.17, 15) is 4.79 Å². The highest BCUT2D eigenvalue weighted by Crippen LogP contribution is 2.46. The van der Waals surface area contributed by atoms with Crippen LogP contribution in [0.4, 0.5) is 16.4 Å². The van der Waals surface area contributed by atoms with Crippen LogP contribution in [0.5, 0.6) is 0 Å². The number of amidine groups is 1. The van der Waals surface area contributed by atoms with Crippen molar-refractivity contribution in [2.45, 2.75) is 39.2 Å². The Bertz CT molecular complexity index is 843. The molecule has 8 nitrogen and oxygen atoms in total. The Morgan fingerprint density at radius 3 is 2.84 bits per heavy atom. The first-order valence-corrected chi connectivity index (χ1v) is 8.53. The summed E-state index contributed by atoms with van der Waals surface area (Å²) in [6.45, 7) is 6.58. The van der Waals surface area contributed by atoms with E-state index in [-0.39, 0.29) is 24.1 Å². The number of carbonyl (C=O) groups excluding carboxylic acids is 1. The maximum absolute atomic E-state index is 12.5. The number of aromatic nitrogens is 3. The molecule has 2 aromatic rings. The number of urea groups is 1. The number of fused-ring (bicyclic) bond motifs is 1. The van der Waals surface area contributed by atoms with Crippen molar-refractivity contribution >= 4 is 23.5 Å². The average molecular weight is 341 g/mol. The molecule has 2 amide bonds. The molecule has 3 heterocycles. The molecule has 4 N–H and O–H groups in total. The molecular formula is C17H23N7O. The lowest BCUT2D eigenvalue weighted by atomic mass is 9.98. The molecule has 0 unspecified atom stereocenters. The van der Waals surface area contributed by atoms with E-state index in [1.54, 1.807) is 6.07 Å². The number of aromatic amines is 1. The standard InChI is InChI=1S/C17H23N7O/c1-10-8-13(22-21-10)20-16(25)23-9-19-15-12(14(23)18)6-7-24(15)17(2,3)11-4-5-11/h6-8,11,18-19H,4-5,9H2,1-3H3,(H2,20,21,22,25). The fourth-order valence-corrected chi connectivity index (χ4v) is 3.48. The van der Waals surface area contributed by atoms with E-state index in [2.05, 4.69) is 39.2 Å². The molecule has 0 radical (unpaired) electrons. The number of H-pyrrole nitrogens is 1.